The first-order valence-electron chi connectivity index (χ1n) is 15.5. The van der Waals surface area contributed by atoms with Crippen molar-refractivity contribution in [2.45, 2.75) is 64.8 Å². The van der Waals surface area contributed by atoms with Crippen molar-refractivity contribution in [3.8, 4) is 0 Å². The van der Waals surface area contributed by atoms with Crippen LogP contribution in [0.2, 0.25) is 0 Å². The molecule has 0 bridgehead atoms. The van der Waals surface area contributed by atoms with Gasteiger partial charge in [-0.25, -0.2) is 24.1 Å². The molecule has 3 heterocycles. The number of rotatable bonds is 20. The summed E-state index contributed by atoms with van der Waals surface area (Å²) < 4.78 is 61.6. The van der Waals surface area contributed by atoms with Gasteiger partial charge >= 0.3 is 34.5 Å². The number of hydrogen-bond donors (Lipinski definition) is 8. The molecule has 29 heteroatoms. The van der Waals surface area contributed by atoms with Crippen molar-refractivity contribution in [1.82, 2.24) is 30.2 Å². The molecule has 0 aliphatic carbocycles. The van der Waals surface area contributed by atoms with Gasteiger partial charge in [0.2, 0.25) is 11.8 Å². The number of nitrogens with one attached hydrogen (secondary N) is 2. The van der Waals surface area contributed by atoms with E-state index in [1.807, 2.05) is 0 Å². The van der Waals surface area contributed by atoms with E-state index >= 15 is 0 Å². The zero-order valence-corrected chi connectivity index (χ0v) is 33.1. The Morgan fingerprint density at radius 2 is 1.74 bits per heavy atom. The Hall–Kier alpha value is -1.84. The summed E-state index contributed by atoms with van der Waals surface area (Å²) in [4.78, 5) is 88.9. The van der Waals surface area contributed by atoms with E-state index in [0.717, 1.165) is 29.0 Å². The molecule has 0 aromatic carbocycles. The third kappa shape index (κ3) is 14.3. The Morgan fingerprint density at radius 1 is 1.09 bits per heavy atom. The Labute approximate surface area is 324 Å². The molecule has 300 valence electrons. The summed E-state index contributed by atoms with van der Waals surface area (Å²) in [6, 6.07) is 0. The molecule has 3 rings (SSSR count). The summed E-state index contributed by atoms with van der Waals surface area (Å²) in [5.74, 6) is -1.25. The van der Waals surface area contributed by atoms with E-state index in [0.29, 0.717) is 5.75 Å². The number of phosphoric acid groups is 3. The number of ether oxygens (including phenoxy) is 1. The number of amides is 2. The molecule has 4 unspecified atom stereocenters. The molecule has 9 N–H and O–H groups in total. The smallest absolute Gasteiger partial charge is 0.756 e. The number of imidazole rings is 1. The number of aliphatic hydroxyl groups excluding tert-OH is 2. The third-order valence-corrected chi connectivity index (χ3v) is 11.5. The monoisotopic (exact) mass is 843 g/mol. The summed E-state index contributed by atoms with van der Waals surface area (Å²) >= 11 is 1.08. The molecule has 0 radical (unpaired) electrons. The van der Waals surface area contributed by atoms with E-state index in [4.69, 9.17) is 19.5 Å². The second-order valence-corrected chi connectivity index (χ2v) is 17.7. The van der Waals surface area contributed by atoms with Crippen molar-refractivity contribution in [3.05, 3.63) is 12.7 Å². The van der Waals surface area contributed by atoms with Gasteiger partial charge in [0.05, 0.1) is 19.5 Å². The summed E-state index contributed by atoms with van der Waals surface area (Å²) in [6.07, 6.45) is -7.09. The second-order valence-electron chi connectivity index (χ2n) is 12.4. The summed E-state index contributed by atoms with van der Waals surface area (Å²) in [7, 11) is -16.6. The van der Waals surface area contributed by atoms with Crippen LogP contribution in [0, 0.1) is 11.3 Å². The van der Waals surface area contributed by atoms with Gasteiger partial charge in [0.25, 0.3) is 7.82 Å². The van der Waals surface area contributed by atoms with E-state index in [1.54, 1.807) is 13.8 Å². The van der Waals surface area contributed by atoms with Crippen molar-refractivity contribution >= 4 is 69.1 Å². The van der Waals surface area contributed by atoms with Crippen molar-refractivity contribution in [3.63, 3.8) is 0 Å². The molecule has 54 heavy (non-hydrogen) atoms. The van der Waals surface area contributed by atoms with E-state index in [-0.39, 0.29) is 66.4 Å². The number of thioether (sulfide) groups is 1. The number of carbonyl (C=O) groups is 3. The van der Waals surface area contributed by atoms with E-state index in [1.165, 1.54) is 13.8 Å². The molecular formula is C25H41LiN7O17P3S. The predicted molar refractivity (Wildman–Crippen MR) is 180 cm³/mol. The van der Waals surface area contributed by atoms with Gasteiger partial charge in [0.1, 0.15) is 36.3 Å². The number of nitrogen functional groups attached to an aromatic ring is 1. The number of nitrogens with two attached hydrogens (primary N) is 1. The molecule has 2 amide bonds. The van der Waals surface area contributed by atoms with Crippen molar-refractivity contribution in [2.75, 3.05) is 37.8 Å². The third-order valence-electron chi connectivity index (χ3n) is 7.21. The maximum absolute atomic E-state index is 12.6. The van der Waals surface area contributed by atoms with Gasteiger partial charge in [-0.05, 0) is 0 Å². The fourth-order valence-electron chi connectivity index (χ4n) is 4.44. The Balaban J connectivity index is 0.0000101. The maximum Gasteiger partial charge on any atom is 1.00 e. The topological polar surface area (TPSA) is 366 Å². The summed E-state index contributed by atoms with van der Waals surface area (Å²) in [6.45, 7) is 3.97. The Morgan fingerprint density at radius 3 is 2.37 bits per heavy atom. The molecule has 0 saturated carbocycles. The summed E-state index contributed by atoms with van der Waals surface area (Å²) in [5, 5.41) is 26.2. The van der Waals surface area contributed by atoms with Crippen molar-refractivity contribution < 1.29 is 99.3 Å². The fraction of sp³-hybridized carbons (Fsp3) is 0.680. The van der Waals surface area contributed by atoms with Crippen LogP contribution in [0.4, 0.5) is 5.82 Å². The van der Waals surface area contributed by atoms with Gasteiger partial charge in [0, 0.05) is 36.6 Å². The number of fused-ring (bicyclic) bond motifs is 1. The molecule has 2 aromatic rings. The van der Waals surface area contributed by atoms with Crippen LogP contribution in [-0.2, 0) is 50.7 Å². The number of carbonyl (C=O) groups excluding carboxylic acids is 3. The van der Waals surface area contributed by atoms with E-state index < -0.39 is 84.6 Å². The van der Waals surface area contributed by atoms with Gasteiger partial charge < -0.3 is 55.4 Å². The summed E-state index contributed by atoms with van der Waals surface area (Å²) in [5.41, 5.74) is 4.22. The minimum atomic E-state index is -5.58. The molecular weight excluding hydrogens is 802 g/mol. The first-order valence-corrected chi connectivity index (χ1v) is 20.9. The van der Waals surface area contributed by atoms with Crippen LogP contribution in [0.15, 0.2) is 12.7 Å². The van der Waals surface area contributed by atoms with Crippen LogP contribution in [0.25, 0.3) is 11.2 Å². The van der Waals surface area contributed by atoms with Gasteiger partial charge in [0.15, 0.2) is 22.8 Å². The van der Waals surface area contributed by atoms with Crippen LogP contribution in [0.3, 0.4) is 0 Å². The van der Waals surface area contributed by atoms with E-state index in [9.17, 15) is 57.9 Å². The minimum Gasteiger partial charge on any atom is -0.756 e. The Kier molecular flexibility index (Phi) is 17.9. The van der Waals surface area contributed by atoms with Crippen LogP contribution >= 0.6 is 35.2 Å². The average Bonchev–Trinajstić information content (AvgIpc) is 3.60. The molecule has 0 spiro atoms. The molecule has 1 fully saturated rings. The molecule has 1 aliphatic rings. The molecule has 24 nitrogen and oxygen atoms in total. The van der Waals surface area contributed by atoms with Crippen LogP contribution in [0.1, 0.15) is 40.3 Å². The number of phosphoric ester groups is 3. The standard InChI is InChI=1S/C25H42N7O17P3S.Li/c1-13(2)24(37)53-8-7-27-15(33)5-6-28-22(36)19(35)25(3,4)10-46-52(43,44)49-51(41,42)45-9-14-18(48-50(38,39)40)17(34)23(47-14)32-12-31-16-20(26)29-11-30-21(16)32;/h11-14,17-19,23,34-35H,5-10H2,1-4H3,(H,27,33)(H,28,36)(H,41,42)(H,43,44)(H2,26,29,30)(H2,38,39,40);/q;+1/p-1/t14-,17-,18-,19?,23-;/m1./s1. The zero-order chi connectivity index (χ0) is 39.9. The van der Waals surface area contributed by atoms with Crippen molar-refractivity contribution in [2.24, 2.45) is 11.3 Å². The predicted octanol–water partition coefficient (Wildman–Crippen LogP) is -4.31. The number of aromatic nitrogens is 4. The first kappa shape index (κ1) is 48.3. The van der Waals surface area contributed by atoms with Gasteiger partial charge in [-0.3, -0.25) is 32.6 Å². The van der Waals surface area contributed by atoms with Crippen LogP contribution in [-0.4, -0.2) is 118 Å². The molecule has 1 aliphatic heterocycles. The van der Waals surface area contributed by atoms with Gasteiger partial charge in [-0.2, -0.15) is 4.31 Å². The van der Waals surface area contributed by atoms with Crippen molar-refractivity contribution in [1.29, 1.82) is 0 Å². The average molecular weight is 844 g/mol. The number of anilines is 1. The fourth-order valence-corrected chi connectivity index (χ4v) is 8.00. The molecule has 8 atom stereocenters. The Bertz CT molecular complexity index is 1770. The minimum absolute atomic E-state index is 0. The van der Waals surface area contributed by atoms with Crippen LogP contribution < -0.4 is 40.1 Å². The number of aliphatic hydroxyl groups is 2. The molecule has 2 aromatic heterocycles. The molecule has 1 saturated heterocycles. The normalized spacial score (nSPS) is 22.8. The largest absolute Gasteiger partial charge is 1.00 e. The second kappa shape index (κ2) is 20.0. The van der Waals surface area contributed by atoms with E-state index in [2.05, 4.69) is 34.4 Å². The van der Waals surface area contributed by atoms with Crippen LogP contribution in [0.5, 0.6) is 0 Å². The van der Waals surface area contributed by atoms with Gasteiger partial charge in [-0.1, -0.05) is 39.5 Å². The maximum atomic E-state index is 12.6. The first-order chi connectivity index (χ1) is 24.4. The number of hydrogen-bond acceptors (Lipinski definition) is 19. The SMILES string of the molecule is CC(C)C(=O)SCCNC(=O)CCNC(=O)C(O)C(C)(C)COP(=O)(O)OP(=O)(O)OC[C@H]1O[C@@H](n2cnc3c(N)ncnc32)[C@H](O)[C@@H]1OP(=O)([O-])O.[Li+]. The zero-order valence-electron chi connectivity index (χ0n) is 29.6. The number of nitrogens with zero attached hydrogens (tertiary/aromatic N) is 4. The van der Waals surface area contributed by atoms with Gasteiger partial charge in [-0.15, -0.1) is 0 Å². The quantitative estimate of drug-likeness (QED) is 0.0355.